The summed E-state index contributed by atoms with van der Waals surface area (Å²) in [6.45, 7) is 4.81. The molecule has 0 aliphatic heterocycles. The number of aliphatic hydroxyl groups is 2. The van der Waals surface area contributed by atoms with E-state index in [1.165, 1.54) is 0 Å². The third-order valence-corrected chi connectivity index (χ3v) is 2.45. The van der Waals surface area contributed by atoms with Gasteiger partial charge in [0.2, 0.25) is 0 Å². The summed E-state index contributed by atoms with van der Waals surface area (Å²) in [6, 6.07) is 0. The molecular weight excluding hydrogens is 140 g/mol. The van der Waals surface area contributed by atoms with Crippen molar-refractivity contribution < 1.29 is 10.2 Å². The summed E-state index contributed by atoms with van der Waals surface area (Å²) in [4.78, 5) is 0. The Labute approximate surface area is 69.2 Å². The molecule has 2 N–H and O–H groups in total. The first kappa shape index (κ1) is 10.9. The van der Waals surface area contributed by atoms with Crippen LogP contribution in [0.2, 0.25) is 0 Å². The molecule has 68 valence electrons. The molecular formula is C9H20O2. The van der Waals surface area contributed by atoms with Crippen molar-refractivity contribution in [3.63, 3.8) is 0 Å². The third-order valence-electron chi connectivity index (χ3n) is 2.45. The monoisotopic (exact) mass is 160 g/mol. The Morgan fingerprint density at radius 3 is 1.82 bits per heavy atom. The normalized spacial score (nSPS) is 13.9. The Kier molecular flexibility index (Phi) is 6.57. The fraction of sp³-hybridized carbons (Fsp3) is 1.00. The molecule has 0 fully saturated rings. The SMILES string of the molecule is CCC(C)C(CCO)CCO. The molecule has 0 spiro atoms. The molecule has 2 nitrogen and oxygen atoms in total. The first-order valence-corrected chi connectivity index (χ1v) is 4.47. The zero-order valence-electron chi connectivity index (χ0n) is 7.58. The van der Waals surface area contributed by atoms with E-state index in [1.807, 2.05) is 0 Å². The summed E-state index contributed by atoms with van der Waals surface area (Å²) in [7, 11) is 0. The van der Waals surface area contributed by atoms with Crippen molar-refractivity contribution in [1.82, 2.24) is 0 Å². The summed E-state index contributed by atoms with van der Waals surface area (Å²) in [6.07, 6.45) is 2.79. The summed E-state index contributed by atoms with van der Waals surface area (Å²) >= 11 is 0. The van der Waals surface area contributed by atoms with Gasteiger partial charge in [0.05, 0.1) is 0 Å². The van der Waals surface area contributed by atoms with Crippen molar-refractivity contribution >= 4 is 0 Å². The van der Waals surface area contributed by atoms with Crippen LogP contribution in [0.25, 0.3) is 0 Å². The van der Waals surface area contributed by atoms with Crippen LogP contribution in [0.5, 0.6) is 0 Å². The number of hydrogen-bond acceptors (Lipinski definition) is 2. The van der Waals surface area contributed by atoms with E-state index in [4.69, 9.17) is 10.2 Å². The Morgan fingerprint density at radius 2 is 1.55 bits per heavy atom. The molecule has 0 amide bonds. The van der Waals surface area contributed by atoms with E-state index in [2.05, 4.69) is 13.8 Å². The van der Waals surface area contributed by atoms with Crippen LogP contribution in [-0.2, 0) is 0 Å². The van der Waals surface area contributed by atoms with Crippen LogP contribution in [0.15, 0.2) is 0 Å². The van der Waals surface area contributed by atoms with Gasteiger partial charge in [-0.1, -0.05) is 20.3 Å². The maximum absolute atomic E-state index is 8.73. The van der Waals surface area contributed by atoms with Gasteiger partial charge in [0.15, 0.2) is 0 Å². The molecule has 0 bridgehead atoms. The molecule has 1 unspecified atom stereocenters. The molecule has 0 heterocycles. The smallest absolute Gasteiger partial charge is 0.0433 e. The minimum Gasteiger partial charge on any atom is -0.396 e. The number of aliphatic hydroxyl groups excluding tert-OH is 2. The standard InChI is InChI=1S/C9H20O2/c1-3-8(2)9(4-6-10)5-7-11/h8-11H,3-7H2,1-2H3. The molecule has 0 aromatic rings. The molecule has 1 atom stereocenters. The second kappa shape index (κ2) is 6.62. The van der Waals surface area contributed by atoms with E-state index in [-0.39, 0.29) is 13.2 Å². The quantitative estimate of drug-likeness (QED) is 0.617. The first-order valence-electron chi connectivity index (χ1n) is 4.47. The van der Waals surface area contributed by atoms with Crippen molar-refractivity contribution in [2.75, 3.05) is 13.2 Å². The Morgan fingerprint density at radius 1 is 1.09 bits per heavy atom. The van der Waals surface area contributed by atoms with Crippen LogP contribution in [0.3, 0.4) is 0 Å². The van der Waals surface area contributed by atoms with Gasteiger partial charge in [-0.15, -0.1) is 0 Å². The van der Waals surface area contributed by atoms with Crippen molar-refractivity contribution in [1.29, 1.82) is 0 Å². The maximum atomic E-state index is 8.73. The van der Waals surface area contributed by atoms with E-state index in [0.717, 1.165) is 19.3 Å². The van der Waals surface area contributed by atoms with Gasteiger partial charge < -0.3 is 10.2 Å². The largest absolute Gasteiger partial charge is 0.396 e. The Bertz CT molecular complexity index is 77.6. The average molecular weight is 160 g/mol. The van der Waals surface area contributed by atoms with Gasteiger partial charge in [0, 0.05) is 13.2 Å². The van der Waals surface area contributed by atoms with Crippen LogP contribution in [-0.4, -0.2) is 23.4 Å². The minimum absolute atomic E-state index is 0.245. The lowest BCUT2D eigenvalue weighted by atomic mass is 9.87. The first-order chi connectivity index (χ1) is 5.26. The van der Waals surface area contributed by atoms with Crippen LogP contribution in [0.1, 0.15) is 33.1 Å². The van der Waals surface area contributed by atoms with Crippen LogP contribution in [0, 0.1) is 11.8 Å². The van der Waals surface area contributed by atoms with Crippen LogP contribution in [0.4, 0.5) is 0 Å². The average Bonchev–Trinajstić information content (AvgIpc) is 2.03. The lowest BCUT2D eigenvalue weighted by Gasteiger charge is -2.20. The molecule has 0 rings (SSSR count). The second-order valence-electron chi connectivity index (χ2n) is 3.17. The Balaban J connectivity index is 3.66. The van der Waals surface area contributed by atoms with Gasteiger partial charge in [0.1, 0.15) is 0 Å². The van der Waals surface area contributed by atoms with Crippen molar-refractivity contribution in [3.8, 4) is 0 Å². The fourth-order valence-electron chi connectivity index (χ4n) is 1.38. The van der Waals surface area contributed by atoms with E-state index in [0.29, 0.717) is 11.8 Å². The van der Waals surface area contributed by atoms with Gasteiger partial charge in [-0.3, -0.25) is 0 Å². The van der Waals surface area contributed by atoms with Gasteiger partial charge in [-0.2, -0.15) is 0 Å². The summed E-state index contributed by atoms with van der Waals surface area (Å²) < 4.78 is 0. The molecule has 2 heteroatoms. The summed E-state index contributed by atoms with van der Waals surface area (Å²) in [5.41, 5.74) is 0. The third kappa shape index (κ3) is 4.38. The highest BCUT2D eigenvalue weighted by molar-refractivity contribution is 4.64. The molecule has 0 aliphatic carbocycles. The highest BCUT2D eigenvalue weighted by Crippen LogP contribution is 2.21. The van der Waals surface area contributed by atoms with E-state index in [1.54, 1.807) is 0 Å². The zero-order chi connectivity index (χ0) is 8.69. The number of hydrogen-bond donors (Lipinski definition) is 2. The van der Waals surface area contributed by atoms with E-state index >= 15 is 0 Å². The van der Waals surface area contributed by atoms with Crippen LogP contribution < -0.4 is 0 Å². The van der Waals surface area contributed by atoms with Gasteiger partial charge >= 0.3 is 0 Å². The Hall–Kier alpha value is -0.0800. The molecule has 0 aromatic carbocycles. The molecule has 0 radical (unpaired) electrons. The molecule has 11 heavy (non-hydrogen) atoms. The summed E-state index contributed by atoms with van der Waals surface area (Å²) in [5, 5.41) is 17.5. The predicted molar refractivity (Wildman–Crippen MR) is 46.4 cm³/mol. The highest BCUT2D eigenvalue weighted by atomic mass is 16.3. The van der Waals surface area contributed by atoms with E-state index < -0.39 is 0 Å². The maximum Gasteiger partial charge on any atom is 0.0433 e. The highest BCUT2D eigenvalue weighted by Gasteiger charge is 2.13. The van der Waals surface area contributed by atoms with Crippen LogP contribution >= 0.6 is 0 Å². The fourth-order valence-corrected chi connectivity index (χ4v) is 1.38. The lowest BCUT2D eigenvalue weighted by molar-refractivity contribution is 0.180. The van der Waals surface area contributed by atoms with Crippen molar-refractivity contribution in [2.45, 2.75) is 33.1 Å². The van der Waals surface area contributed by atoms with E-state index in [9.17, 15) is 0 Å². The van der Waals surface area contributed by atoms with Gasteiger partial charge in [-0.25, -0.2) is 0 Å². The second-order valence-corrected chi connectivity index (χ2v) is 3.17. The van der Waals surface area contributed by atoms with Crippen molar-refractivity contribution in [3.05, 3.63) is 0 Å². The molecule has 0 aromatic heterocycles. The molecule has 0 saturated carbocycles. The minimum atomic E-state index is 0.245. The zero-order valence-corrected chi connectivity index (χ0v) is 7.58. The van der Waals surface area contributed by atoms with Crippen molar-refractivity contribution in [2.24, 2.45) is 11.8 Å². The molecule has 0 aliphatic rings. The predicted octanol–water partition coefficient (Wildman–Crippen LogP) is 1.41. The van der Waals surface area contributed by atoms with Gasteiger partial charge in [0.25, 0.3) is 0 Å². The number of rotatable bonds is 6. The topological polar surface area (TPSA) is 40.5 Å². The lowest BCUT2D eigenvalue weighted by Crippen LogP contribution is -2.14. The van der Waals surface area contributed by atoms with Gasteiger partial charge in [-0.05, 0) is 24.7 Å². The molecule has 0 saturated heterocycles. The summed E-state index contributed by atoms with van der Waals surface area (Å²) in [5.74, 6) is 1.12.